The average Bonchev–Trinajstić information content (AvgIpc) is 3.08. The molecule has 4 rings (SSSR count). The molecule has 37 heavy (non-hydrogen) atoms. The van der Waals surface area contributed by atoms with E-state index in [1.54, 1.807) is 22.8 Å². The van der Waals surface area contributed by atoms with Crippen LogP contribution in [-0.2, 0) is 14.9 Å². The summed E-state index contributed by atoms with van der Waals surface area (Å²) in [5, 5.41) is 0. The maximum atomic E-state index is 13.7. The number of anilines is 1. The smallest absolute Gasteiger partial charge is 0.409 e. The monoisotopic (exact) mass is 517 g/mol. The molecule has 0 aromatic heterocycles. The summed E-state index contributed by atoms with van der Waals surface area (Å²) in [5.74, 6) is -0.0752. The van der Waals surface area contributed by atoms with E-state index in [0.717, 1.165) is 48.2 Å². The molecular weight excluding hydrogens is 483 g/mol. The lowest BCUT2D eigenvalue weighted by Crippen LogP contribution is -2.65. The van der Waals surface area contributed by atoms with Gasteiger partial charge in [-0.3, -0.25) is 9.79 Å². The van der Waals surface area contributed by atoms with Crippen LogP contribution >= 0.6 is 0 Å². The van der Waals surface area contributed by atoms with Gasteiger partial charge in [0.25, 0.3) is 0 Å². The lowest BCUT2D eigenvalue weighted by atomic mass is 9.75. The summed E-state index contributed by atoms with van der Waals surface area (Å²) in [6.45, 7) is 6.72. The van der Waals surface area contributed by atoms with Crippen LogP contribution in [0.1, 0.15) is 63.9 Å². The number of likely N-dealkylation sites (tertiary alicyclic amines) is 1. The predicted molar refractivity (Wildman–Crippen MR) is 137 cm³/mol. The zero-order valence-electron chi connectivity index (χ0n) is 21.3. The molecule has 0 bridgehead atoms. The van der Waals surface area contributed by atoms with Crippen molar-refractivity contribution in [3.63, 3.8) is 0 Å². The van der Waals surface area contributed by atoms with Crippen LogP contribution in [0.5, 0.6) is 0 Å². The van der Waals surface area contributed by atoms with E-state index in [-0.39, 0.29) is 38.6 Å². The van der Waals surface area contributed by atoms with Crippen molar-refractivity contribution >= 4 is 23.4 Å². The van der Waals surface area contributed by atoms with Crippen molar-refractivity contribution < 1.29 is 27.5 Å². The van der Waals surface area contributed by atoms with Crippen LogP contribution in [0.4, 0.5) is 23.7 Å². The number of fused-ring (bicyclic) bond motifs is 2. The molecule has 200 valence electrons. The highest BCUT2D eigenvalue weighted by Gasteiger charge is 2.59. The lowest BCUT2D eigenvalue weighted by Gasteiger charge is -2.45. The molecule has 3 aliphatic rings. The lowest BCUT2D eigenvalue weighted by molar-refractivity contribution is -0.135. The molecule has 0 radical (unpaired) electrons. The van der Waals surface area contributed by atoms with Gasteiger partial charge in [-0.25, -0.2) is 4.79 Å². The summed E-state index contributed by atoms with van der Waals surface area (Å²) in [5.41, 5.74) is 3.58. The third-order valence-electron chi connectivity index (χ3n) is 7.39. The predicted octanol–water partition coefficient (Wildman–Crippen LogP) is 6.32. The highest BCUT2D eigenvalue weighted by atomic mass is 19.4. The molecule has 2 aliphatic heterocycles. The van der Waals surface area contributed by atoms with Crippen LogP contribution in [0.15, 0.2) is 53.2 Å². The number of carbonyl (C=O) groups is 2. The number of halogens is 3. The Morgan fingerprint density at radius 1 is 1.19 bits per heavy atom. The fraction of sp³-hybridized carbons (Fsp3) is 0.536. The summed E-state index contributed by atoms with van der Waals surface area (Å²) >= 11 is 0. The van der Waals surface area contributed by atoms with Crippen molar-refractivity contribution in [2.45, 2.75) is 69.9 Å². The summed E-state index contributed by atoms with van der Waals surface area (Å²) in [4.78, 5) is 34.0. The Hall–Kier alpha value is -3.10. The van der Waals surface area contributed by atoms with Crippen LogP contribution in [0, 0.1) is 0 Å². The molecule has 2 heterocycles. The van der Waals surface area contributed by atoms with E-state index in [9.17, 15) is 22.8 Å². The van der Waals surface area contributed by atoms with Crippen LogP contribution < -0.4 is 4.90 Å². The fourth-order valence-electron chi connectivity index (χ4n) is 5.51. The van der Waals surface area contributed by atoms with Crippen molar-refractivity contribution in [3.05, 3.63) is 53.8 Å². The zero-order valence-corrected chi connectivity index (χ0v) is 21.3. The largest absolute Gasteiger partial charge is 0.450 e. The van der Waals surface area contributed by atoms with Gasteiger partial charge in [0.2, 0.25) is 5.91 Å². The van der Waals surface area contributed by atoms with Crippen LogP contribution in [-0.4, -0.2) is 55.0 Å². The number of ether oxygens (including phenoxy) is 1. The van der Waals surface area contributed by atoms with E-state index in [0.29, 0.717) is 18.6 Å². The first-order chi connectivity index (χ1) is 17.7. The first-order valence-electron chi connectivity index (χ1n) is 13.0. The Bertz CT molecular complexity index is 1100. The number of unbranched alkanes of at least 4 members (excludes halogenated alkanes) is 1. The van der Waals surface area contributed by atoms with E-state index in [4.69, 9.17) is 9.73 Å². The van der Waals surface area contributed by atoms with E-state index < -0.39 is 24.1 Å². The highest BCUT2D eigenvalue weighted by Crippen LogP contribution is 2.47. The van der Waals surface area contributed by atoms with Crippen LogP contribution in [0.2, 0.25) is 0 Å². The molecule has 1 aromatic carbocycles. The Morgan fingerprint density at radius 2 is 1.92 bits per heavy atom. The van der Waals surface area contributed by atoms with Gasteiger partial charge in [0, 0.05) is 30.9 Å². The van der Waals surface area contributed by atoms with Gasteiger partial charge >= 0.3 is 12.3 Å². The van der Waals surface area contributed by atoms with Gasteiger partial charge in [0.15, 0.2) is 0 Å². The molecule has 9 heteroatoms. The van der Waals surface area contributed by atoms with Gasteiger partial charge in [-0.2, -0.15) is 13.2 Å². The number of allylic oxidation sites excluding steroid dienone is 2. The molecule has 1 fully saturated rings. The summed E-state index contributed by atoms with van der Waals surface area (Å²) in [7, 11) is 0. The number of para-hydroxylation sites is 1. The Morgan fingerprint density at radius 3 is 2.62 bits per heavy atom. The Labute approximate surface area is 215 Å². The van der Waals surface area contributed by atoms with Crippen molar-refractivity contribution in [1.82, 2.24) is 4.90 Å². The second-order valence-electron chi connectivity index (χ2n) is 9.93. The van der Waals surface area contributed by atoms with Crippen molar-refractivity contribution in [3.8, 4) is 0 Å². The topological polar surface area (TPSA) is 62.2 Å². The third-order valence-corrected chi connectivity index (χ3v) is 7.39. The maximum absolute atomic E-state index is 13.7. The standard InChI is InChI=1S/C28H34F3N3O3/c1-3-21(32-23-14-7-5-11-20(23)12-9-10-16-28(29,30)31)17-34-24-15-8-6-13-22(24)27(25(34)35)18-33(19-27)26(36)37-4-2/h3,6,8,13,15H,1,4-5,7,9-12,14,16-19H2,2H3. The first kappa shape index (κ1) is 26.9. The molecule has 1 aromatic rings. The van der Waals surface area contributed by atoms with E-state index in [1.807, 2.05) is 24.3 Å². The molecule has 6 nitrogen and oxygen atoms in total. The molecule has 0 atom stereocenters. The highest BCUT2D eigenvalue weighted by molar-refractivity contribution is 6.14. The number of hydrogen-bond acceptors (Lipinski definition) is 4. The summed E-state index contributed by atoms with van der Waals surface area (Å²) in [6, 6.07) is 7.61. The van der Waals surface area contributed by atoms with Crippen LogP contribution in [0.25, 0.3) is 0 Å². The minimum Gasteiger partial charge on any atom is -0.450 e. The Kier molecular flexibility index (Phi) is 8.09. The number of aliphatic imine (C=N–C) groups is 1. The number of rotatable bonds is 9. The second kappa shape index (κ2) is 11.1. The summed E-state index contributed by atoms with van der Waals surface area (Å²) in [6.07, 6.45) is 1.15. The summed E-state index contributed by atoms with van der Waals surface area (Å²) < 4.78 is 42.7. The molecular formula is C28H34F3N3O3. The number of nitrogens with zero attached hydrogens (tertiary/aromatic N) is 3. The van der Waals surface area contributed by atoms with Crippen LogP contribution in [0.3, 0.4) is 0 Å². The van der Waals surface area contributed by atoms with E-state index in [1.165, 1.54) is 0 Å². The second-order valence-corrected chi connectivity index (χ2v) is 9.93. The molecule has 2 amide bonds. The third kappa shape index (κ3) is 5.75. The average molecular weight is 518 g/mol. The molecule has 1 aliphatic carbocycles. The number of hydrogen-bond donors (Lipinski definition) is 0. The molecule has 0 N–H and O–H groups in total. The molecule has 0 saturated carbocycles. The van der Waals surface area contributed by atoms with Gasteiger partial charge in [0.1, 0.15) is 5.41 Å². The van der Waals surface area contributed by atoms with Gasteiger partial charge in [-0.15, -0.1) is 0 Å². The number of amides is 2. The van der Waals surface area contributed by atoms with Crippen molar-refractivity contribution in [2.75, 3.05) is 31.1 Å². The van der Waals surface area contributed by atoms with Gasteiger partial charge < -0.3 is 14.5 Å². The molecule has 1 saturated heterocycles. The maximum Gasteiger partial charge on any atom is 0.409 e. The first-order valence-corrected chi connectivity index (χ1v) is 13.0. The number of carbonyl (C=O) groups excluding carboxylic acids is 2. The Balaban J connectivity index is 1.51. The van der Waals surface area contributed by atoms with Gasteiger partial charge in [-0.1, -0.05) is 24.8 Å². The zero-order chi connectivity index (χ0) is 26.6. The van der Waals surface area contributed by atoms with Crippen molar-refractivity contribution in [1.29, 1.82) is 0 Å². The molecule has 1 spiro atoms. The van der Waals surface area contributed by atoms with Gasteiger partial charge in [-0.05, 0) is 75.1 Å². The van der Waals surface area contributed by atoms with E-state index >= 15 is 0 Å². The fourth-order valence-corrected chi connectivity index (χ4v) is 5.51. The molecule has 0 unspecified atom stereocenters. The minimum atomic E-state index is -4.12. The number of alkyl halides is 3. The quantitative estimate of drug-likeness (QED) is 0.284. The normalized spacial score (nSPS) is 19.2. The van der Waals surface area contributed by atoms with Gasteiger partial charge in [0.05, 0.1) is 18.9 Å². The van der Waals surface area contributed by atoms with Crippen molar-refractivity contribution in [2.24, 2.45) is 4.99 Å². The SMILES string of the molecule is C=CC(CN1C(=O)C2(CN(C(=O)OCC)C2)c2ccccc21)=NC1=C(CCCCC(F)(F)F)CCCC1. The van der Waals surface area contributed by atoms with E-state index in [2.05, 4.69) is 6.58 Å². The number of benzene rings is 1. The minimum absolute atomic E-state index is 0.0752.